The first-order valence-corrected chi connectivity index (χ1v) is 8.61. The van der Waals surface area contributed by atoms with Gasteiger partial charge in [-0.1, -0.05) is 0 Å². The maximum absolute atomic E-state index is 11.6. The van der Waals surface area contributed by atoms with E-state index in [1.807, 2.05) is 27.7 Å². The van der Waals surface area contributed by atoms with Gasteiger partial charge in [0, 0.05) is 19.1 Å². The van der Waals surface area contributed by atoms with Gasteiger partial charge in [-0.3, -0.25) is 0 Å². The van der Waals surface area contributed by atoms with E-state index in [9.17, 15) is 9.90 Å². The Labute approximate surface area is 139 Å². The molecule has 0 aliphatic carbocycles. The molecule has 0 aromatic rings. The third-order valence-corrected chi connectivity index (χ3v) is 3.87. The van der Waals surface area contributed by atoms with Crippen molar-refractivity contribution in [3.63, 3.8) is 0 Å². The van der Waals surface area contributed by atoms with Crippen LogP contribution >= 0.6 is 0 Å². The van der Waals surface area contributed by atoms with Crippen molar-refractivity contribution in [3.8, 4) is 0 Å². The van der Waals surface area contributed by atoms with Crippen molar-refractivity contribution in [2.45, 2.75) is 84.4 Å². The first kappa shape index (κ1) is 20.2. The fourth-order valence-electron chi connectivity index (χ4n) is 2.68. The molecule has 0 radical (unpaired) electrons. The van der Waals surface area contributed by atoms with Gasteiger partial charge in [0.05, 0.1) is 12.2 Å². The zero-order valence-electron chi connectivity index (χ0n) is 15.1. The number of carbonyl (C=O) groups excluding carboxylic acids is 1. The van der Waals surface area contributed by atoms with Crippen LogP contribution in [0.25, 0.3) is 0 Å². The summed E-state index contributed by atoms with van der Waals surface area (Å²) in [5.41, 5.74) is -0.511. The van der Waals surface area contributed by atoms with Gasteiger partial charge in [-0.2, -0.15) is 0 Å². The molecule has 6 heteroatoms. The molecule has 1 rings (SSSR count). The van der Waals surface area contributed by atoms with Crippen molar-refractivity contribution in [2.24, 2.45) is 5.92 Å². The number of carbonyl (C=O) groups is 1. The Morgan fingerprint density at radius 3 is 2.57 bits per heavy atom. The smallest absolute Gasteiger partial charge is 0.407 e. The van der Waals surface area contributed by atoms with Crippen LogP contribution in [0.2, 0.25) is 0 Å². The summed E-state index contributed by atoms with van der Waals surface area (Å²) >= 11 is 0. The van der Waals surface area contributed by atoms with E-state index >= 15 is 0 Å². The molecule has 1 aliphatic rings. The fraction of sp³-hybridized carbons (Fsp3) is 0.941. The molecule has 136 valence electrons. The highest BCUT2D eigenvalue weighted by Gasteiger charge is 2.27. The van der Waals surface area contributed by atoms with Crippen molar-refractivity contribution >= 4 is 6.09 Å². The van der Waals surface area contributed by atoms with E-state index in [4.69, 9.17) is 14.2 Å². The Morgan fingerprint density at radius 2 is 2.04 bits per heavy atom. The lowest BCUT2D eigenvalue weighted by Gasteiger charge is -2.32. The molecule has 1 amide bonds. The number of ether oxygens (including phenoxy) is 3. The van der Waals surface area contributed by atoms with E-state index in [2.05, 4.69) is 5.32 Å². The Morgan fingerprint density at radius 1 is 1.35 bits per heavy atom. The topological polar surface area (TPSA) is 77.0 Å². The lowest BCUT2D eigenvalue weighted by atomic mass is 9.94. The van der Waals surface area contributed by atoms with Gasteiger partial charge >= 0.3 is 6.09 Å². The summed E-state index contributed by atoms with van der Waals surface area (Å²) in [5, 5.41) is 12.7. The highest BCUT2D eigenvalue weighted by molar-refractivity contribution is 5.67. The molecular formula is C17H33NO5. The molecule has 0 saturated carbocycles. The van der Waals surface area contributed by atoms with Crippen LogP contribution in [0, 0.1) is 5.92 Å². The fourth-order valence-corrected chi connectivity index (χ4v) is 2.68. The Balaban J connectivity index is 2.37. The SMILES string of the molecule is CC(O)C(CCNC(=O)OC(C)(C)C)C(C)OC1CCCCO1. The average Bonchev–Trinajstić information content (AvgIpc) is 2.42. The first-order valence-electron chi connectivity index (χ1n) is 8.61. The zero-order chi connectivity index (χ0) is 17.5. The molecule has 0 aromatic carbocycles. The van der Waals surface area contributed by atoms with E-state index < -0.39 is 17.8 Å². The van der Waals surface area contributed by atoms with E-state index in [0.717, 1.165) is 25.9 Å². The summed E-state index contributed by atoms with van der Waals surface area (Å²) < 4.78 is 16.7. The standard InChI is InChI=1S/C17H33NO5/c1-12(19)14(9-10-18-16(20)23-17(3,4)5)13(2)22-15-8-6-7-11-21-15/h12-15,19H,6-11H2,1-5H3,(H,18,20). The minimum absolute atomic E-state index is 0.0736. The molecule has 1 heterocycles. The Bertz CT molecular complexity index is 347. The van der Waals surface area contributed by atoms with Crippen molar-refractivity contribution in [3.05, 3.63) is 0 Å². The summed E-state index contributed by atoms with van der Waals surface area (Å²) in [4.78, 5) is 11.6. The molecule has 4 atom stereocenters. The Hall–Kier alpha value is -0.850. The quantitative estimate of drug-likeness (QED) is 0.750. The third kappa shape index (κ3) is 8.53. The van der Waals surface area contributed by atoms with Gasteiger partial charge in [0.15, 0.2) is 6.29 Å². The van der Waals surface area contributed by atoms with E-state index in [0.29, 0.717) is 13.0 Å². The van der Waals surface area contributed by atoms with Crippen LogP contribution in [-0.4, -0.2) is 48.5 Å². The molecule has 6 nitrogen and oxygen atoms in total. The predicted molar refractivity (Wildman–Crippen MR) is 88.2 cm³/mol. The van der Waals surface area contributed by atoms with Crippen LogP contribution in [0.3, 0.4) is 0 Å². The van der Waals surface area contributed by atoms with Crippen molar-refractivity contribution in [1.29, 1.82) is 0 Å². The van der Waals surface area contributed by atoms with Crippen LogP contribution in [0.5, 0.6) is 0 Å². The number of aliphatic hydroxyl groups is 1. The van der Waals surface area contributed by atoms with Gasteiger partial charge in [-0.05, 0) is 60.3 Å². The van der Waals surface area contributed by atoms with Crippen molar-refractivity contribution in [2.75, 3.05) is 13.2 Å². The van der Waals surface area contributed by atoms with Gasteiger partial charge in [0.1, 0.15) is 5.60 Å². The molecule has 0 aromatic heterocycles. The number of alkyl carbamates (subject to hydrolysis) is 1. The monoisotopic (exact) mass is 331 g/mol. The number of nitrogens with one attached hydrogen (secondary N) is 1. The molecule has 2 N–H and O–H groups in total. The lowest BCUT2D eigenvalue weighted by Crippen LogP contribution is -2.38. The van der Waals surface area contributed by atoms with Gasteiger partial charge in [0.2, 0.25) is 0 Å². The summed E-state index contributed by atoms with van der Waals surface area (Å²) in [6.07, 6.45) is 2.42. The second-order valence-corrected chi connectivity index (χ2v) is 7.26. The minimum Gasteiger partial charge on any atom is -0.444 e. The summed E-state index contributed by atoms with van der Waals surface area (Å²) in [6.45, 7) is 10.3. The van der Waals surface area contributed by atoms with Crippen LogP contribution in [0.1, 0.15) is 60.3 Å². The normalized spacial score (nSPS) is 23.0. The van der Waals surface area contributed by atoms with Crippen molar-refractivity contribution < 1.29 is 24.1 Å². The van der Waals surface area contributed by atoms with Gasteiger partial charge in [-0.25, -0.2) is 4.79 Å². The van der Waals surface area contributed by atoms with E-state index in [1.54, 1.807) is 6.92 Å². The Kier molecular flexibility index (Phi) is 8.29. The first-order chi connectivity index (χ1) is 10.7. The highest BCUT2D eigenvalue weighted by Crippen LogP contribution is 2.22. The minimum atomic E-state index is -0.519. The van der Waals surface area contributed by atoms with Crippen LogP contribution in [0.4, 0.5) is 4.79 Å². The van der Waals surface area contributed by atoms with Gasteiger partial charge in [-0.15, -0.1) is 0 Å². The van der Waals surface area contributed by atoms with Crippen molar-refractivity contribution in [1.82, 2.24) is 5.32 Å². The van der Waals surface area contributed by atoms with Gasteiger partial charge in [0.25, 0.3) is 0 Å². The summed E-state index contributed by atoms with van der Waals surface area (Å²) in [7, 11) is 0. The molecule has 0 bridgehead atoms. The number of amides is 1. The number of hydrogen-bond donors (Lipinski definition) is 2. The predicted octanol–water partition coefficient (Wildman–Crippen LogP) is 2.83. The lowest BCUT2D eigenvalue weighted by molar-refractivity contribution is -0.200. The average molecular weight is 331 g/mol. The molecular weight excluding hydrogens is 298 g/mol. The third-order valence-electron chi connectivity index (χ3n) is 3.87. The summed E-state index contributed by atoms with van der Waals surface area (Å²) in [5.74, 6) is -0.0736. The molecule has 0 spiro atoms. The number of rotatable bonds is 7. The number of aliphatic hydroxyl groups excluding tert-OH is 1. The molecule has 23 heavy (non-hydrogen) atoms. The zero-order valence-corrected chi connectivity index (χ0v) is 15.1. The van der Waals surface area contributed by atoms with E-state index in [-0.39, 0.29) is 18.3 Å². The van der Waals surface area contributed by atoms with E-state index in [1.165, 1.54) is 0 Å². The van der Waals surface area contributed by atoms with Crippen LogP contribution in [0.15, 0.2) is 0 Å². The summed E-state index contributed by atoms with van der Waals surface area (Å²) in [6, 6.07) is 0. The molecule has 1 aliphatic heterocycles. The van der Waals surface area contributed by atoms with Gasteiger partial charge < -0.3 is 24.6 Å². The highest BCUT2D eigenvalue weighted by atomic mass is 16.7. The number of hydrogen-bond acceptors (Lipinski definition) is 5. The van der Waals surface area contributed by atoms with Crippen LogP contribution < -0.4 is 5.32 Å². The van der Waals surface area contributed by atoms with Crippen LogP contribution in [-0.2, 0) is 14.2 Å². The maximum atomic E-state index is 11.6. The second-order valence-electron chi connectivity index (χ2n) is 7.26. The largest absolute Gasteiger partial charge is 0.444 e. The molecule has 1 fully saturated rings. The molecule has 4 unspecified atom stereocenters. The maximum Gasteiger partial charge on any atom is 0.407 e. The second kappa shape index (κ2) is 9.45. The molecule has 1 saturated heterocycles.